The van der Waals surface area contributed by atoms with Gasteiger partial charge in [-0.15, -0.1) is 0 Å². The highest BCUT2D eigenvalue weighted by Crippen LogP contribution is 2.21. The van der Waals surface area contributed by atoms with Crippen LogP contribution in [0.5, 0.6) is 0 Å². The van der Waals surface area contributed by atoms with Gasteiger partial charge in [0, 0.05) is 23.3 Å². The lowest BCUT2D eigenvalue weighted by molar-refractivity contribution is -0.116. The van der Waals surface area contributed by atoms with Gasteiger partial charge in [0.2, 0.25) is 5.91 Å². The second-order valence-electron chi connectivity index (χ2n) is 4.36. The van der Waals surface area contributed by atoms with Crippen LogP contribution in [0.15, 0.2) is 42.6 Å². The van der Waals surface area contributed by atoms with Crippen molar-refractivity contribution >= 4 is 29.2 Å². The number of anilines is 1. The molecule has 0 atom stereocenters. The first-order valence-corrected chi connectivity index (χ1v) is 6.66. The van der Waals surface area contributed by atoms with E-state index in [1.165, 1.54) is 18.2 Å². The average Bonchev–Trinajstić information content (AvgIpc) is 2.48. The topological polar surface area (TPSA) is 79.3 Å². The number of pyridine rings is 1. The van der Waals surface area contributed by atoms with E-state index in [2.05, 4.69) is 10.3 Å². The Morgan fingerprint density at radius 1 is 1.24 bits per heavy atom. The fraction of sp³-hybridized carbons (Fsp3) is 0.133. The molecule has 5 nitrogen and oxygen atoms in total. The molecule has 6 heteroatoms. The third kappa shape index (κ3) is 4.29. The maximum absolute atomic E-state index is 11.9. The van der Waals surface area contributed by atoms with Crippen molar-refractivity contribution in [3.63, 3.8) is 0 Å². The van der Waals surface area contributed by atoms with E-state index in [9.17, 15) is 9.59 Å². The molecule has 0 aliphatic heterocycles. The molecular formula is C15H13ClN2O3. The summed E-state index contributed by atoms with van der Waals surface area (Å²) >= 11 is 5.75. The van der Waals surface area contributed by atoms with Crippen molar-refractivity contribution in [3.8, 4) is 0 Å². The zero-order chi connectivity index (χ0) is 15.2. The van der Waals surface area contributed by atoms with E-state index in [-0.39, 0.29) is 23.6 Å². The number of hydrogen-bond acceptors (Lipinski definition) is 3. The van der Waals surface area contributed by atoms with Gasteiger partial charge in [0.15, 0.2) is 0 Å². The number of nitrogens with one attached hydrogen (secondary N) is 1. The first-order chi connectivity index (χ1) is 10.1. The van der Waals surface area contributed by atoms with E-state index in [1.54, 1.807) is 12.3 Å². The lowest BCUT2D eigenvalue weighted by Crippen LogP contribution is -2.15. The van der Waals surface area contributed by atoms with Gasteiger partial charge >= 0.3 is 5.97 Å². The fourth-order valence-electron chi connectivity index (χ4n) is 1.80. The Bertz CT molecular complexity index is 659. The molecule has 0 saturated heterocycles. The summed E-state index contributed by atoms with van der Waals surface area (Å²) in [5.41, 5.74) is 1.01. The van der Waals surface area contributed by atoms with Crippen LogP contribution in [0.2, 0.25) is 5.02 Å². The highest BCUT2D eigenvalue weighted by molar-refractivity contribution is 6.31. The van der Waals surface area contributed by atoms with E-state index < -0.39 is 5.97 Å². The molecule has 0 aliphatic carbocycles. The van der Waals surface area contributed by atoms with Crippen LogP contribution in [0, 0.1) is 0 Å². The Morgan fingerprint density at radius 2 is 2.05 bits per heavy atom. The minimum absolute atomic E-state index is 0.0336. The van der Waals surface area contributed by atoms with Gasteiger partial charge in [-0.3, -0.25) is 9.78 Å². The molecule has 0 fully saturated rings. The van der Waals surface area contributed by atoms with Crippen molar-refractivity contribution in [1.82, 2.24) is 4.98 Å². The molecule has 0 spiro atoms. The molecule has 0 aliphatic rings. The van der Waals surface area contributed by atoms with Crippen molar-refractivity contribution in [2.75, 3.05) is 5.32 Å². The Hall–Kier alpha value is -2.40. The summed E-state index contributed by atoms with van der Waals surface area (Å²) < 4.78 is 0. The number of aromatic carboxylic acids is 1. The number of carbonyl (C=O) groups is 2. The number of carboxylic acid groups (broad SMARTS) is 1. The Kier molecular flexibility index (Phi) is 4.90. The van der Waals surface area contributed by atoms with Gasteiger partial charge in [-0.2, -0.15) is 0 Å². The smallest absolute Gasteiger partial charge is 0.337 e. The molecular weight excluding hydrogens is 292 g/mol. The second-order valence-corrected chi connectivity index (χ2v) is 4.80. The number of carbonyl (C=O) groups excluding carboxylic acids is 1. The number of halogens is 1. The molecule has 1 amide bonds. The molecule has 21 heavy (non-hydrogen) atoms. The molecule has 1 aromatic carbocycles. The van der Waals surface area contributed by atoms with Crippen molar-refractivity contribution < 1.29 is 14.7 Å². The van der Waals surface area contributed by atoms with E-state index >= 15 is 0 Å². The number of aromatic nitrogens is 1. The van der Waals surface area contributed by atoms with Crippen LogP contribution < -0.4 is 5.32 Å². The lowest BCUT2D eigenvalue weighted by atomic mass is 10.1. The Morgan fingerprint density at radius 3 is 2.71 bits per heavy atom. The van der Waals surface area contributed by atoms with Crippen LogP contribution in [0.1, 0.15) is 22.5 Å². The number of rotatable bonds is 5. The summed E-state index contributed by atoms with van der Waals surface area (Å²) in [6.07, 6.45) is 2.37. The van der Waals surface area contributed by atoms with Gasteiger partial charge in [-0.05, 0) is 36.8 Å². The Balaban J connectivity index is 2.01. The predicted octanol–water partition coefficient (Wildman–Crippen LogP) is 3.00. The van der Waals surface area contributed by atoms with Gasteiger partial charge in [-0.25, -0.2) is 4.79 Å². The molecule has 0 unspecified atom stereocenters. The van der Waals surface area contributed by atoms with Crippen molar-refractivity contribution in [1.29, 1.82) is 0 Å². The van der Waals surface area contributed by atoms with Crippen molar-refractivity contribution in [2.45, 2.75) is 12.8 Å². The summed E-state index contributed by atoms with van der Waals surface area (Å²) in [4.78, 5) is 27.1. The summed E-state index contributed by atoms with van der Waals surface area (Å²) in [7, 11) is 0. The van der Waals surface area contributed by atoms with Crippen LogP contribution in [-0.4, -0.2) is 22.0 Å². The first kappa shape index (κ1) is 15.0. The third-order valence-corrected chi connectivity index (χ3v) is 3.06. The summed E-state index contributed by atoms with van der Waals surface area (Å²) in [5, 5.41) is 12.0. The van der Waals surface area contributed by atoms with Crippen LogP contribution in [-0.2, 0) is 11.2 Å². The molecule has 2 N–H and O–H groups in total. The lowest BCUT2D eigenvalue weighted by Gasteiger charge is -2.08. The number of benzene rings is 1. The van der Waals surface area contributed by atoms with E-state index in [1.807, 2.05) is 12.1 Å². The van der Waals surface area contributed by atoms with Crippen LogP contribution in [0.3, 0.4) is 0 Å². The van der Waals surface area contributed by atoms with Crippen LogP contribution >= 0.6 is 11.6 Å². The SMILES string of the molecule is O=C(CCc1ccccn1)Nc1ccc(Cl)cc1C(=O)O. The van der Waals surface area contributed by atoms with Gasteiger partial charge in [-0.1, -0.05) is 17.7 Å². The Labute approximate surface area is 126 Å². The predicted molar refractivity (Wildman–Crippen MR) is 79.6 cm³/mol. The van der Waals surface area contributed by atoms with Gasteiger partial charge in [0.1, 0.15) is 0 Å². The number of hydrogen-bond donors (Lipinski definition) is 2. The molecule has 0 bridgehead atoms. The summed E-state index contributed by atoms with van der Waals surface area (Å²) in [6, 6.07) is 9.79. The van der Waals surface area contributed by atoms with Crippen molar-refractivity contribution in [3.05, 3.63) is 58.9 Å². The highest BCUT2D eigenvalue weighted by atomic mass is 35.5. The number of aryl methyl sites for hydroxylation is 1. The van der Waals surface area contributed by atoms with Gasteiger partial charge in [0.05, 0.1) is 11.3 Å². The monoisotopic (exact) mass is 304 g/mol. The molecule has 1 heterocycles. The second kappa shape index (κ2) is 6.85. The average molecular weight is 305 g/mol. The number of amides is 1. The molecule has 2 aromatic rings. The maximum Gasteiger partial charge on any atom is 0.337 e. The molecule has 0 saturated carbocycles. The molecule has 2 rings (SSSR count). The summed E-state index contributed by atoms with van der Waals surface area (Å²) in [6.45, 7) is 0. The first-order valence-electron chi connectivity index (χ1n) is 6.29. The maximum atomic E-state index is 11.9. The zero-order valence-electron chi connectivity index (χ0n) is 11.0. The number of carboxylic acids is 1. The molecule has 0 radical (unpaired) electrons. The fourth-order valence-corrected chi connectivity index (χ4v) is 1.97. The quantitative estimate of drug-likeness (QED) is 0.890. The van der Waals surface area contributed by atoms with Crippen molar-refractivity contribution in [2.24, 2.45) is 0 Å². The van der Waals surface area contributed by atoms with E-state index in [4.69, 9.17) is 16.7 Å². The minimum Gasteiger partial charge on any atom is -0.478 e. The standard InChI is InChI=1S/C15H13ClN2O3/c16-10-4-6-13(12(9-10)15(20)21)18-14(19)7-5-11-3-1-2-8-17-11/h1-4,6,8-9H,5,7H2,(H,18,19)(H,20,21). The van der Waals surface area contributed by atoms with Crippen LogP contribution in [0.25, 0.3) is 0 Å². The van der Waals surface area contributed by atoms with E-state index in [0.717, 1.165) is 5.69 Å². The largest absolute Gasteiger partial charge is 0.478 e. The molecule has 108 valence electrons. The third-order valence-electron chi connectivity index (χ3n) is 2.82. The number of nitrogens with zero attached hydrogens (tertiary/aromatic N) is 1. The van der Waals surface area contributed by atoms with E-state index in [0.29, 0.717) is 11.4 Å². The summed E-state index contributed by atoms with van der Waals surface area (Å²) in [5.74, 6) is -1.41. The van der Waals surface area contributed by atoms with Gasteiger partial charge < -0.3 is 10.4 Å². The highest BCUT2D eigenvalue weighted by Gasteiger charge is 2.13. The molecule has 1 aromatic heterocycles. The zero-order valence-corrected chi connectivity index (χ0v) is 11.8. The van der Waals surface area contributed by atoms with Crippen LogP contribution in [0.4, 0.5) is 5.69 Å². The van der Waals surface area contributed by atoms with Gasteiger partial charge in [0.25, 0.3) is 0 Å². The minimum atomic E-state index is -1.14. The normalized spacial score (nSPS) is 10.1.